The zero-order valence-electron chi connectivity index (χ0n) is 13.2. The zero-order valence-corrected chi connectivity index (χ0v) is 13.9. The van der Waals surface area contributed by atoms with E-state index in [0.29, 0.717) is 23.3 Å². The molecule has 21 heavy (non-hydrogen) atoms. The van der Waals surface area contributed by atoms with Crippen LogP contribution in [0, 0.1) is 0 Å². The molecular formula is C15H25ClN4O. The maximum Gasteiger partial charge on any atom is 0.273 e. The quantitative estimate of drug-likeness (QED) is 0.839. The second-order valence-electron chi connectivity index (χ2n) is 5.80. The first-order valence-corrected chi connectivity index (χ1v) is 8.09. The molecule has 0 spiro atoms. The number of nitrogens with zero attached hydrogens (tertiary/aromatic N) is 4. The van der Waals surface area contributed by atoms with E-state index in [2.05, 4.69) is 17.0 Å². The fraction of sp³-hybridized carbons (Fsp3) is 0.733. The van der Waals surface area contributed by atoms with Crippen LogP contribution >= 0.6 is 11.6 Å². The van der Waals surface area contributed by atoms with Gasteiger partial charge in [0.1, 0.15) is 5.69 Å². The summed E-state index contributed by atoms with van der Waals surface area (Å²) in [5, 5.41) is 4.56. The van der Waals surface area contributed by atoms with E-state index in [9.17, 15) is 4.79 Å². The SMILES string of the molecule is CCn1ncc(Cl)c1C(=O)N(C)CCC1CCCCN1C. The van der Waals surface area contributed by atoms with Crippen molar-refractivity contribution in [3.05, 3.63) is 16.9 Å². The lowest BCUT2D eigenvalue weighted by Crippen LogP contribution is -2.39. The fourth-order valence-corrected chi connectivity index (χ4v) is 3.17. The van der Waals surface area contributed by atoms with Gasteiger partial charge in [-0.25, -0.2) is 0 Å². The highest BCUT2D eigenvalue weighted by atomic mass is 35.5. The van der Waals surface area contributed by atoms with Gasteiger partial charge in [-0.2, -0.15) is 5.10 Å². The highest BCUT2D eigenvalue weighted by Gasteiger charge is 2.23. The second-order valence-corrected chi connectivity index (χ2v) is 6.21. The van der Waals surface area contributed by atoms with Crippen LogP contribution in [0.4, 0.5) is 0 Å². The number of aryl methyl sites for hydroxylation is 1. The topological polar surface area (TPSA) is 41.4 Å². The van der Waals surface area contributed by atoms with Gasteiger partial charge in [0.15, 0.2) is 0 Å². The van der Waals surface area contributed by atoms with E-state index in [1.54, 1.807) is 15.8 Å². The molecule has 1 aromatic heterocycles. The number of hydrogen-bond acceptors (Lipinski definition) is 3. The summed E-state index contributed by atoms with van der Waals surface area (Å²) in [5.74, 6) is -0.0437. The van der Waals surface area contributed by atoms with Crippen molar-refractivity contribution in [2.24, 2.45) is 0 Å². The van der Waals surface area contributed by atoms with E-state index in [1.165, 1.54) is 19.3 Å². The average molecular weight is 313 g/mol. The van der Waals surface area contributed by atoms with Crippen molar-refractivity contribution >= 4 is 17.5 Å². The minimum Gasteiger partial charge on any atom is -0.340 e. The summed E-state index contributed by atoms with van der Waals surface area (Å²) in [6.45, 7) is 4.51. The Kier molecular flexibility index (Phi) is 5.65. The maximum atomic E-state index is 12.5. The van der Waals surface area contributed by atoms with Gasteiger partial charge in [0.05, 0.1) is 11.2 Å². The minimum absolute atomic E-state index is 0.0437. The number of piperidine rings is 1. The summed E-state index contributed by atoms with van der Waals surface area (Å²) in [6, 6.07) is 0.584. The number of likely N-dealkylation sites (tertiary alicyclic amines) is 1. The third kappa shape index (κ3) is 3.77. The van der Waals surface area contributed by atoms with Crippen molar-refractivity contribution in [3.8, 4) is 0 Å². The van der Waals surface area contributed by atoms with Crippen LogP contribution in [0.15, 0.2) is 6.20 Å². The van der Waals surface area contributed by atoms with Gasteiger partial charge in [0, 0.05) is 26.2 Å². The molecule has 6 heteroatoms. The van der Waals surface area contributed by atoms with Crippen molar-refractivity contribution in [2.75, 3.05) is 27.2 Å². The first kappa shape index (κ1) is 16.3. The van der Waals surface area contributed by atoms with Crippen molar-refractivity contribution in [2.45, 2.75) is 45.2 Å². The summed E-state index contributed by atoms with van der Waals surface area (Å²) in [7, 11) is 4.02. The summed E-state index contributed by atoms with van der Waals surface area (Å²) in [4.78, 5) is 16.7. The number of carbonyl (C=O) groups is 1. The predicted molar refractivity (Wildman–Crippen MR) is 84.8 cm³/mol. The Labute approximate surface area is 131 Å². The normalized spacial score (nSPS) is 19.7. The molecule has 1 amide bonds. The summed E-state index contributed by atoms with van der Waals surface area (Å²) in [6.07, 6.45) is 6.36. The van der Waals surface area contributed by atoms with Crippen LogP contribution < -0.4 is 0 Å². The molecule has 0 N–H and O–H groups in total. The van der Waals surface area contributed by atoms with Gasteiger partial charge in [0.2, 0.25) is 0 Å². The zero-order chi connectivity index (χ0) is 15.4. The van der Waals surface area contributed by atoms with Crippen LogP contribution in [0.3, 0.4) is 0 Å². The molecule has 1 unspecified atom stereocenters. The molecule has 0 aromatic carbocycles. The number of carbonyl (C=O) groups excluding carboxylic acids is 1. The maximum absolute atomic E-state index is 12.5. The number of amides is 1. The average Bonchev–Trinajstić information content (AvgIpc) is 2.86. The van der Waals surface area contributed by atoms with Crippen LogP contribution in [0.5, 0.6) is 0 Å². The third-order valence-electron chi connectivity index (χ3n) is 4.36. The molecule has 0 saturated carbocycles. The Morgan fingerprint density at radius 2 is 2.29 bits per heavy atom. The van der Waals surface area contributed by atoms with Gasteiger partial charge < -0.3 is 9.80 Å². The third-order valence-corrected chi connectivity index (χ3v) is 4.64. The van der Waals surface area contributed by atoms with Crippen LogP contribution in [-0.4, -0.2) is 58.7 Å². The molecule has 1 aliphatic heterocycles. The number of aromatic nitrogens is 2. The molecule has 1 saturated heterocycles. The first-order chi connectivity index (χ1) is 10.0. The van der Waals surface area contributed by atoms with Gasteiger partial charge in [-0.1, -0.05) is 18.0 Å². The first-order valence-electron chi connectivity index (χ1n) is 7.71. The lowest BCUT2D eigenvalue weighted by atomic mass is 10.00. The molecule has 1 fully saturated rings. The van der Waals surface area contributed by atoms with E-state index in [-0.39, 0.29) is 5.91 Å². The molecule has 118 valence electrons. The van der Waals surface area contributed by atoms with E-state index < -0.39 is 0 Å². The lowest BCUT2D eigenvalue weighted by Gasteiger charge is -2.33. The molecule has 0 bridgehead atoms. The van der Waals surface area contributed by atoms with E-state index in [1.807, 2.05) is 14.0 Å². The Hall–Kier alpha value is -1.07. The van der Waals surface area contributed by atoms with E-state index in [0.717, 1.165) is 19.5 Å². The molecule has 0 aliphatic carbocycles. The summed E-state index contributed by atoms with van der Waals surface area (Å²) >= 11 is 6.10. The second kappa shape index (κ2) is 7.27. The van der Waals surface area contributed by atoms with Gasteiger partial charge in [-0.05, 0) is 39.8 Å². The lowest BCUT2D eigenvalue weighted by molar-refractivity contribution is 0.0758. The minimum atomic E-state index is -0.0437. The summed E-state index contributed by atoms with van der Waals surface area (Å²) in [5.41, 5.74) is 0.499. The van der Waals surface area contributed by atoms with Gasteiger partial charge in [0.25, 0.3) is 5.91 Å². The molecule has 5 nitrogen and oxygen atoms in total. The van der Waals surface area contributed by atoms with Crippen molar-refractivity contribution in [1.29, 1.82) is 0 Å². The Morgan fingerprint density at radius 3 is 2.95 bits per heavy atom. The molecule has 2 heterocycles. The van der Waals surface area contributed by atoms with Crippen LogP contribution in [0.25, 0.3) is 0 Å². The molecule has 1 aliphatic rings. The Bertz CT molecular complexity index is 488. The highest BCUT2D eigenvalue weighted by molar-refractivity contribution is 6.33. The molecule has 0 radical (unpaired) electrons. The van der Waals surface area contributed by atoms with Gasteiger partial charge in [-0.15, -0.1) is 0 Å². The van der Waals surface area contributed by atoms with Crippen LogP contribution in [0.2, 0.25) is 5.02 Å². The van der Waals surface area contributed by atoms with Crippen molar-refractivity contribution < 1.29 is 4.79 Å². The largest absolute Gasteiger partial charge is 0.340 e. The number of hydrogen-bond donors (Lipinski definition) is 0. The van der Waals surface area contributed by atoms with Crippen LogP contribution in [0.1, 0.15) is 43.1 Å². The Morgan fingerprint density at radius 1 is 1.52 bits per heavy atom. The van der Waals surface area contributed by atoms with E-state index >= 15 is 0 Å². The predicted octanol–water partition coefficient (Wildman–Crippen LogP) is 2.50. The van der Waals surface area contributed by atoms with E-state index in [4.69, 9.17) is 11.6 Å². The van der Waals surface area contributed by atoms with Crippen molar-refractivity contribution in [3.63, 3.8) is 0 Å². The van der Waals surface area contributed by atoms with Gasteiger partial charge >= 0.3 is 0 Å². The molecular weight excluding hydrogens is 288 g/mol. The monoisotopic (exact) mass is 312 g/mol. The van der Waals surface area contributed by atoms with Crippen molar-refractivity contribution in [1.82, 2.24) is 19.6 Å². The summed E-state index contributed by atoms with van der Waals surface area (Å²) < 4.78 is 1.66. The smallest absolute Gasteiger partial charge is 0.273 e. The molecule has 1 aromatic rings. The molecule has 2 rings (SSSR count). The highest BCUT2D eigenvalue weighted by Crippen LogP contribution is 2.20. The standard InChI is InChI=1S/C15H25ClN4O/c1-4-20-14(13(16)11-17-20)15(21)19(3)10-8-12-7-5-6-9-18(12)2/h11-12H,4-10H2,1-3H3. The van der Waals surface area contributed by atoms with Crippen LogP contribution in [-0.2, 0) is 6.54 Å². The number of rotatable bonds is 5. The molecule has 1 atom stereocenters. The number of halogens is 1. The fourth-order valence-electron chi connectivity index (χ4n) is 2.95. The van der Waals surface area contributed by atoms with Gasteiger partial charge in [-0.3, -0.25) is 9.48 Å². The Balaban J connectivity index is 1.94.